The van der Waals surface area contributed by atoms with Gasteiger partial charge in [-0.25, -0.2) is 4.79 Å². The lowest BCUT2D eigenvalue weighted by Crippen LogP contribution is -2.24. The van der Waals surface area contributed by atoms with Crippen molar-refractivity contribution in [2.45, 2.75) is 25.2 Å². The lowest BCUT2D eigenvalue weighted by molar-refractivity contribution is -0.137. The summed E-state index contributed by atoms with van der Waals surface area (Å²) in [6.45, 7) is 1.67. The lowest BCUT2D eigenvalue weighted by Gasteiger charge is -2.16. The number of cyclic esters (lactones) is 1. The number of amides is 1. The van der Waals surface area contributed by atoms with Gasteiger partial charge in [0.2, 0.25) is 0 Å². The minimum Gasteiger partial charge on any atom is -0.439 e. The highest BCUT2D eigenvalue weighted by molar-refractivity contribution is 9.10. The number of benzene rings is 1. The molecule has 1 saturated heterocycles. The van der Waals surface area contributed by atoms with Gasteiger partial charge in [0.1, 0.15) is 6.10 Å². The first-order valence-corrected chi connectivity index (χ1v) is 5.91. The zero-order valence-electron chi connectivity index (χ0n) is 9.22. The van der Waals surface area contributed by atoms with Crippen molar-refractivity contribution in [1.82, 2.24) is 5.32 Å². The predicted octanol–water partition coefficient (Wildman–Crippen LogP) is 3.64. The third-order valence-electron chi connectivity index (χ3n) is 2.61. The van der Waals surface area contributed by atoms with Crippen LogP contribution >= 0.6 is 15.9 Å². The zero-order valence-corrected chi connectivity index (χ0v) is 10.8. The molecule has 0 unspecified atom stereocenters. The number of hydrogen-bond acceptors (Lipinski definition) is 2. The highest BCUT2D eigenvalue weighted by atomic mass is 79.9. The van der Waals surface area contributed by atoms with Gasteiger partial charge in [0.25, 0.3) is 0 Å². The van der Waals surface area contributed by atoms with Gasteiger partial charge in [-0.2, -0.15) is 13.2 Å². The highest BCUT2D eigenvalue weighted by Gasteiger charge is 2.35. The average molecular weight is 324 g/mol. The molecule has 0 bridgehead atoms. The molecule has 1 amide bonds. The summed E-state index contributed by atoms with van der Waals surface area (Å²) in [4.78, 5) is 11.0. The Bertz CT molecular complexity index is 490. The molecular formula is C11H9BrF3NO2. The Balaban J connectivity index is 2.40. The largest absolute Gasteiger partial charge is 0.439 e. The van der Waals surface area contributed by atoms with Crippen molar-refractivity contribution >= 4 is 22.0 Å². The molecule has 1 aliphatic rings. The van der Waals surface area contributed by atoms with Crippen LogP contribution in [-0.4, -0.2) is 12.1 Å². The van der Waals surface area contributed by atoms with Gasteiger partial charge in [0, 0.05) is 4.47 Å². The Hall–Kier alpha value is -1.24. The van der Waals surface area contributed by atoms with E-state index in [4.69, 9.17) is 4.74 Å². The molecule has 1 aromatic carbocycles. The summed E-state index contributed by atoms with van der Waals surface area (Å²) in [5, 5.41) is 2.49. The van der Waals surface area contributed by atoms with E-state index in [1.54, 1.807) is 6.92 Å². The second-order valence-electron chi connectivity index (χ2n) is 4.03. The van der Waals surface area contributed by atoms with Crippen LogP contribution in [-0.2, 0) is 10.9 Å². The molecule has 98 valence electrons. The Morgan fingerprint density at radius 1 is 1.33 bits per heavy atom. The fourth-order valence-electron chi connectivity index (χ4n) is 1.81. The number of hydrogen-bond donors (Lipinski definition) is 1. The molecule has 18 heavy (non-hydrogen) atoms. The second kappa shape index (κ2) is 4.46. The molecule has 7 heteroatoms. The molecule has 0 saturated carbocycles. The van der Waals surface area contributed by atoms with Crippen molar-refractivity contribution in [3.05, 3.63) is 33.8 Å². The van der Waals surface area contributed by atoms with Crippen molar-refractivity contribution in [2.75, 3.05) is 0 Å². The number of ether oxygens (including phenoxy) is 1. The summed E-state index contributed by atoms with van der Waals surface area (Å²) in [5.41, 5.74) is -0.468. The monoisotopic (exact) mass is 323 g/mol. The van der Waals surface area contributed by atoms with Crippen molar-refractivity contribution in [3.8, 4) is 0 Å². The van der Waals surface area contributed by atoms with Crippen LogP contribution in [0.25, 0.3) is 0 Å². The lowest BCUT2D eigenvalue weighted by atomic mass is 10.0. The van der Waals surface area contributed by atoms with Crippen LogP contribution in [0.2, 0.25) is 0 Å². The van der Waals surface area contributed by atoms with Gasteiger partial charge in [0.15, 0.2) is 0 Å². The van der Waals surface area contributed by atoms with E-state index in [0.29, 0.717) is 10.0 Å². The van der Waals surface area contributed by atoms with Gasteiger partial charge < -0.3 is 10.1 Å². The van der Waals surface area contributed by atoms with Crippen LogP contribution in [0, 0.1) is 0 Å². The fraction of sp³-hybridized carbons (Fsp3) is 0.364. The van der Waals surface area contributed by atoms with E-state index in [0.717, 1.165) is 12.1 Å². The maximum atomic E-state index is 12.7. The maximum Gasteiger partial charge on any atom is 0.416 e. The van der Waals surface area contributed by atoms with Crippen molar-refractivity contribution in [1.29, 1.82) is 0 Å². The quantitative estimate of drug-likeness (QED) is 0.857. The predicted molar refractivity (Wildman–Crippen MR) is 61.0 cm³/mol. The summed E-state index contributed by atoms with van der Waals surface area (Å²) < 4.78 is 43.2. The smallest absolute Gasteiger partial charge is 0.416 e. The van der Waals surface area contributed by atoms with Crippen molar-refractivity contribution in [2.24, 2.45) is 0 Å². The van der Waals surface area contributed by atoms with E-state index in [1.165, 1.54) is 6.07 Å². The maximum absolute atomic E-state index is 12.7. The van der Waals surface area contributed by atoms with Crippen LogP contribution < -0.4 is 5.32 Å². The Labute approximate surface area is 109 Å². The summed E-state index contributed by atoms with van der Waals surface area (Å²) >= 11 is 3.03. The normalized spacial score (nSPS) is 23.7. The Morgan fingerprint density at radius 3 is 2.50 bits per heavy atom. The summed E-state index contributed by atoms with van der Waals surface area (Å²) in [6, 6.07) is 3.12. The first-order valence-electron chi connectivity index (χ1n) is 5.12. The van der Waals surface area contributed by atoms with Crippen LogP contribution in [0.5, 0.6) is 0 Å². The molecule has 1 fully saturated rings. The summed E-state index contributed by atoms with van der Waals surface area (Å²) in [5.74, 6) is 0. The highest BCUT2D eigenvalue weighted by Crippen LogP contribution is 2.35. The van der Waals surface area contributed by atoms with Gasteiger partial charge in [-0.05, 0) is 30.7 Å². The third kappa shape index (κ3) is 2.60. The number of halogens is 4. The number of carbonyl (C=O) groups is 1. The van der Waals surface area contributed by atoms with Crippen molar-refractivity contribution < 1.29 is 22.7 Å². The van der Waals surface area contributed by atoms with Crippen LogP contribution in [0.4, 0.5) is 18.0 Å². The summed E-state index contributed by atoms with van der Waals surface area (Å²) in [7, 11) is 0. The molecule has 2 rings (SSSR count). The standard InChI is InChI=1S/C11H9BrF3NO2/c1-5-9(18-10(17)16-5)6-2-7(11(13,14)15)4-8(12)3-6/h2-5,9H,1H3,(H,16,17)/t5-,9-/m0/s1. The number of alkyl carbamates (subject to hydrolysis) is 1. The molecule has 0 radical (unpaired) electrons. The Morgan fingerprint density at radius 2 is 2.00 bits per heavy atom. The first-order chi connectivity index (χ1) is 8.27. The molecule has 1 aliphatic heterocycles. The molecular weight excluding hydrogens is 315 g/mol. The fourth-order valence-corrected chi connectivity index (χ4v) is 2.32. The minimum atomic E-state index is -4.43. The van der Waals surface area contributed by atoms with E-state index >= 15 is 0 Å². The number of alkyl halides is 3. The van der Waals surface area contributed by atoms with Gasteiger partial charge in [0.05, 0.1) is 11.6 Å². The molecule has 1 N–H and O–H groups in total. The molecule has 0 aliphatic carbocycles. The zero-order chi connectivity index (χ0) is 13.5. The van der Waals surface area contributed by atoms with E-state index in [-0.39, 0.29) is 6.04 Å². The molecule has 0 spiro atoms. The average Bonchev–Trinajstić information content (AvgIpc) is 2.55. The van der Waals surface area contributed by atoms with E-state index in [9.17, 15) is 18.0 Å². The van der Waals surface area contributed by atoms with Gasteiger partial charge in [-0.3, -0.25) is 0 Å². The molecule has 3 nitrogen and oxygen atoms in total. The Kier molecular flexibility index (Phi) is 3.27. The minimum absolute atomic E-state index is 0.294. The summed E-state index contributed by atoms with van der Waals surface area (Å²) in [6.07, 6.45) is -5.77. The van der Waals surface area contributed by atoms with Crippen molar-refractivity contribution in [3.63, 3.8) is 0 Å². The van der Waals surface area contributed by atoms with Crippen LogP contribution in [0.15, 0.2) is 22.7 Å². The SMILES string of the molecule is C[C@@H]1NC(=O)O[C@@H]1c1cc(Br)cc(C(F)(F)F)c1. The van der Waals surface area contributed by atoms with Gasteiger partial charge >= 0.3 is 12.3 Å². The van der Waals surface area contributed by atoms with Crippen LogP contribution in [0.3, 0.4) is 0 Å². The molecule has 1 aromatic rings. The number of rotatable bonds is 1. The first kappa shape index (κ1) is 13.2. The van der Waals surface area contributed by atoms with E-state index in [2.05, 4.69) is 21.2 Å². The topological polar surface area (TPSA) is 38.3 Å². The third-order valence-corrected chi connectivity index (χ3v) is 3.07. The number of nitrogens with one attached hydrogen (secondary N) is 1. The van der Waals surface area contributed by atoms with Crippen LogP contribution in [0.1, 0.15) is 24.2 Å². The molecule has 0 aromatic heterocycles. The van der Waals surface area contributed by atoms with Gasteiger partial charge in [-0.1, -0.05) is 15.9 Å². The molecule has 1 heterocycles. The van der Waals surface area contributed by atoms with Gasteiger partial charge in [-0.15, -0.1) is 0 Å². The van der Waals surface area contributed by atoms with E-state index in [1.807, 2.05) is 0 Å². The molecule has 2 atom stereocenters. The van der Waals surface area contributed by atoms with E-state index < -0.39 is 23.9 Å². The number of carbonyl (C=O) groups excluding carboxylic acids is 1. The second-order valence-corrected chi connectivity index (χ2v) is 4.95.